The predicted octanol–water partition coefficient (Wildman–Crippen LogP) is 3.69. The van der Waals surface area contributed by atoms with E-state index in [0.29, 0.717) is 5.56 Å². The summed E-state index contributed by atoms with van der Waals surface area (Å²) >= 11 is 0. The Morgan fingerprint density at radius 3 is 2.09 bits per heavy atom. The molecule has 4 nitrogen and oxygen atoms in total. The molecular weight excluding hydrogens is 276 g/mol. The molecule has 2 aromatic carbocycles. The number of aromatic carboxylic acids is 1. The van der Waals surface area contributed by atoms with Crippen LogP contribution in [0.1, 0.15) is 36.5 Å². The van der Waals surface area contributed by atoms with E-state index in [2.05, 4.69) is 12.3 Å². The fraction of sp³-hybridized carbons (Fsp3) is 0.278. The van der Waals surface area contributed by atoms with Gasteiger partial charge in [-0.2, -0.15) is 0 Å². The number of hydrogen-bond acceptors (Lipinski definition) is 3. The number of hydrazine groups is 1. The maximum atomic E-state index is 10.6. The third kappa shape index (κ3) is 6.52. The van der Waals surface area contributed by atoms with Gasteiger partial charge < -0.3 is 5.11 Å². The van der Waals surface area contributed by atoms with Gasteiger partial charge in [-0.15, -0.1) is 0 Å². The van der Waals surface area contributed by atoms with Gasteiger partial charge >= 0.3 is 5.97 Å². The SMILES string of the molecule is CCCCCNN.O=C(O)c1ccc(-c2ccccc2)cc1. The van der Waals surface area contributed by atoms with Crippen LogP contribution in [0, 0.1) is 0 Å². The van der Waals surface area contributed by atoms with Crippen LogP contribution in [0.15, 0.2) is 54.6 Å². The lowest BCUT2D eigenvalue weighted by molar-refractivity contribution is 0.0697. The Kier molecular flexibility index (Phi) is 8.57. The lowest BCUT2D eigenvalue weighted by Crippen LogP contribution is -2.22. The van der Waals surface area contributed by atoms with E-state index in [9.17, 15) is 4.79 Å². The highest BCUT2D eigenvalue weighted by atomic mass is 16.4. The quantitative estimate of drug-likeness (QED) is 0.432. The molecule has 0 bridgehead atoms. The Balaban J connectivity index is 0.000000295. The monoisotopic (exact) mass is 300 g/mol. The van der Waals surface area contributed by atoms with Crippen LogP contribution >= 0.6 is 0 Å². The highest BCUT2D eigenvalue weighted by Gasteiger charge is 2.02. The molecule has 0 amide bonds. The van der Waals surface area contributed by atoms with Crippen molar-refractivity contribution < 1.29 is 9.90 Å². The maximum absolute atomic E-state index is 10.6. The second kappa shape index (κ2) is 10.5. The van der Waals surface area contributed by atoms with Gasteiger partial charge in [0, 0.05) is 6.54 Å². The summed E-state index contributed by atoms with van der Waals surface area (Å²) in [6.07, 6.45) is 3.75. The molecule has 0 radical (unpaired) electrons. The molecule has 2 rings (SSSR count). The average molecular weight is 300 g/mol. The van der Waals surface area contributed by atoms with Crippen molar-refractivity contribution >= 4 is 5.97 Å². The van der Waals surface area contributed by atoms with E-state index in [4.69, 9.17) is 10.9 Å². The number of hydrogen-bond donors (Lipinski definition) is 3. The minimum absolute atomic E-state index is 0.315. The summed E-state index contributed by atoms with van der Waals surface area (Å²) in [6, 6.07) is 16.7. The fourth-order valence-corrected chi connectivity index (χ4v) is 1.91. The molecule has 0 aliphatic heterocycles. The minimum atomic E-state index is -0.894. The second-order valence-electron chi connectivity index (χ2n) is 4.91. The highest BCUT2D eigenvalue weighted by molar-refractivity contribution is 5.88. The van der Waals surface area contributed by atoms with Crippen LogP contribution in [0.25, 0.3) is 11.1 Å². The summed E-state index contributed by atoms with van der Waals surface area (Å²) in [5.74, 6) is 4.13. The van der Waals surface area contributed by atoms with Gasteiger partial charge in [0.1, 0.15) is 0 Å². The molecule has 4 heteroatoms. The summed E-state index contributed by atoms with van der Waals surface area (Å²) in [4.78, 5) is 10.6. The van der Waals surface area contributed by atoms with Crippen LogP contribution in [0.2, 0.25) is 0 Å². The third-order valence-electron chi connectivity index (χ3n) is 3.16. The van der Waals surface area contributed by atoms with Crippen LogP contribution in [0.5, 0.6) is 0 Å². The lowest BCUT2D eigenvalue weighted by Gasteiger charge is -2.01. The van der Waals surface area contributed by atoms with Gasteiger partial charge in [0.05, 0.1) is 5.56 Å². The number of nitrogens with two attached hydrogens (primary N) is 1. The summed E-state index contributed by atoms with van der Waals surface area (Å²) < 4.78 is 0. The van der Waals surface area contributed by atoms with Crippen molar-refractivity contribution in [3.63, 3.8) is 0 Å². The summed E-state index contributed by atoms with van der Waals surface area (Å²) in [6.45, 7) is 3.13. The first-order valence-corrected chi connectivity index (χ1v) is 7.51. The molecule has 0 unspecified atom stereocenters. The van der Waals surface area contributed by atoms with Gasteiger partial charge in [0.15, 0.2) is 0 Å². The Morgan fingerprint density at radius 1 is 1.00 bits per heavy atom. The fourth-order valence-electron chi connectivity index (χ4n) is 1.91. The number of unbranched alkanes of at least 4 members (excludes halogenated alkanes) is 2. The van der Waals surface area contributed by atoms with Crippen molar-refractivity contribution in [2.45, 2.75) is 26.2 Å². The molecule has 0 spiro atoms. The number of carbonyl (C=O) groups is 1. The first-order valence-electron chi connectivity index (χ1n) is 7.51. The topological polar surface area (TPSA) is 75.3 Å². The first kappa shape index (κ1) is 17.9. The summed E-state index contributed by atoms with van der Waals surface area (Å²) in [5, 5.41) is 8.75. The number of benzene rings is 2. The molecule has 0 atom stereocenters. The van der Waals surface area contributed by atoms with E-state index in [1.165, 1.54) is 19.3 Å². The van der Waals surface area contributed by atoms with Crippen molar-refractivity contribution in [2.75, 3.05) is 6.54 Å². The van der Waals surface area contributed by atoms with E-state index < -0.39 is 5.97 Å². The van der Waals surface area contributed by atoms with Crippen LogP contribution in [-0.4, -0.2) is 17.6 Å². The Bertz CT molecular complexity index is 535. The molecule has 2 aromatic rings. The van der Waals surface area contributed by atoms with Gasteiger partial charge in [0.25, 0.3) is 0 Å². The van der Waals surface area contributed by atoms with E-state index in [1.54, 1.807) is 12.1 Å². The summed E-state index contributed by atoms with van der Waals surface area (Å²) in [7, 11) is 0. The highest BCUT2D eigenvalue weighted by Crippen LogP contribution is 2.18. The maximum Gasteiger partial charge on any atom is 0.335 e. The van der Waals surface area contributed by atoms with Crippen LogP contribution in [0.3, 0.4) is 0 Å². The Labute approximate surface area is 131 Å². The zero-order chi connectivity index (χ0) is 16.2. The normalized spacial score (nSPS) is 9.73. The molecule has 22 heavy (non-hydrogen) atoms. The van der Waals surface area contributed by atoms with Gasteiger partial charge in [-0.05, 0) is 29.7 Å². The Hall–Kier alpha value is -2.17. The zero-order valence-corrected chi connectivity index (χ0v) is 13.0. The van der Waals surface area contributed by atoms with E-state index >= 15 is 0 Å². The molecule has 4 N–H and O–H groups in total. The standard InChI is InChI=1S/C13H10O2.C5H14N2/c14-13(15)12-8-6-11(7-9-12)10-4-2-1-3-5-10;1-2-3-4-5-7-6/h1-9H,(H,14,15);7H,2-6H2,1H3. The van der Waals surface area contributed by atoms with Crippen molar-refractivity contribution in [1.82, 2.24) is 5.43 Å². The van der Waals surface area contributed by atoms with Gasteiger partial charge in [-0.3, -0.25) is 11.3 Å². The van der Waals surface area contributed by atoms with Crippen molar-refractivity contribution in [3.8, 4) is 11.1 Å². The summed E-state index contributed by atoms with van der Waals surface area (Å²) in [5.41, 5.74) is 5.04. The Morgan fingerprint density at radius 2 is 1.59 bits per heavy atom. The molecule has 0 aliphatic rings. The predicted molar refractivity (Wildman–Crippen MR) is 90.6 cm³/mol. The molecule has 0 aliphatic carbocycles. The molecule has 0 aromatic heterocycles. The van der Waals surface area contributed by atoms with E-state index in [0.717, 1.165) is 17.7 Å². The van der Waals surface area contributed by atoms with Gasteiger partial charge in [0.2, 0.25) is 0 Å². The molecular formula is C18H24N2O2. The molecule has 0 heterocycles. The lowest BCUT2D eigenvalue weighted by atomic mass is 10.0. The minimum Gasteiger partial charge on any atom is -0.478 e. The largest absolute Gasteiger partial charge is 0.478 e. The van der Waals surface area contributed by atoms with Crippen molar-refractivity contribution in [2.24, 2.45) is 5.84 Å². The molecule has 118 valence electrons. The molecule has 0 fully saturated rings. The zero-order valence-electron chi connectivity index (χ0n) is 13.0. The number of carboxylic acids is 1. The van der Waals surface area contributed by atoms with Gasteiger partial charge in [-0.25, -0.2) is 4.79 Å². The second-order valence-corrected chi connectivity index (χ2v) is 4.91. The number of carboxylic acid groups (broad SMARTS) is 1. The van der Waals surface area contributed by atoms with Crippen molar-refractivity contribution in [1.29, 1.82) is 0 Å². The molecule has 0 saturated carbocycles. The van der Waals surface area contributed by atoms with Crippen LogP contribution in [0.4, 0.5) is 0 Å². The first-order chi connectivity index (χ1) is 10.7. The van der Waals surface area contributed by atoms with E-state index in [1.807, 2.05) is 42.5 Å². The smallest absolute Gasteiger partial charge is 0.335 e. The van der Waals surface area contributed by atoms with Gasteiger partial charge in [-0.1, -0.05) is 62.2 Å². The van der Waals surface area contributed by atoms with Crippen molar-refractivity contribution in [3.05, 3.63) is 60.2 Å². The van der Waals surface area contributed by atoms with Crippen LogP contribution < -0.4 is 11.3 Å². The number of nitrogens with one attached hydrogen (secondary N) is 1. The molecule has 0 saturated heterocycles. The third-order valence-corrected chi connectivity index (χ3v) is 3.16. The van der Waals surface area contributed by atoms with E-state index in [-0.39, 0.29) is 0 Å². The average Bonchev–Trinajstić information content (AvgIpc) is 2.57. The number of rotatable bonds is 6. The van der Waals surface area contributed by atoms with Crippen LogP contribution in [-0.2, 0) is 0 Å².